The van der Waals surface area contributed by atoms with Crippen LogP contribution in [0.2, 0.25) is 10.0 Å². The summed E-state index contributed by atoms with van der Waals surface area (Å²) in [7, 11) is 0. The van der Waals surface area contributed by atoms with Crippen LogP contribution in [0.3, 0.4) is 0 Å². The van der Waals surface area contributed by atoms with Gasteiger partial charge in [0.1, 0.15) is 0 Å². The molecule has 0 amide bonds. The number of rotatable bonds is 2. The van der Waals surface area contributed by atoms with Crippen LogP contribution < -0.4 is 5.32 Å². The normalized spacial score (nSPS) is 16.1. The van der Waals surface area contributed by atoms with E-state index in [4.69, 9.17) is 35.4 Å². The lowest BCUT2D eigenvalue weighted by atomic mass is 10.0. The van der Waals surface area contributed by atoms with Crippen molar-refractivity contribution in [1.29, 1.82) is 0 Å². The minimum Gasteiger partial charge on any atom is -0.348 e. The van der Waals surface area contributed by atoms with Crippen LogP contribution >= 0.6 is 35.4 Å². The standard InChI is InChI=1S/C21H19Cl2N3S/c1-14-17(23)4-2-5-18(14)24-21(27)26-13-12-25-11-3-6-19(25)20(26)15-7-9-16(22)10-8-15/h2-11,20H,12-13H2,1H3,(H,24,27). The van der Waals surface area contributed by atoms with Crippen molar-refractivity contribution >= 4 is 46.2 Å². The van der Waals surface area contributed by atoms with Gasteiger partial charge in [0.05, 0.1) is 6.04 Å². The Hall–Kier alpha value is -2.01. The third-order valence-corrected chi connectivity index (χ3v) is 5.99. The highest BCUT2D eigenvalue weighted by Gasteiger charge is 2.30. The molecule has 1 N–H and O–H groups in total. The molecule has 1 aromatic heterocycles. The van der Waals surface area contributed by atoms with Gasteiger partial charge in [-0.3, -0.25) is 0 Å². The monoisotopic (exact) mass is 415 g/mol. The van der Waals surface area contributed by atoms with Gasteiger partial charge in [-0.05, 0) is 66.7 Å². The molecule has 138 valence electrons. The largest absolute Gasteiger partial charge is 0.348 e. The van der Waals surface area contributed by atoms with Gasteiger partial charge in [-0.2, -0.15) is 0 Å². The lowest BCUT2D eigenvalue weighted by molar-refractivity contribution is 0.293. The molecule has 1 aliphatic rings. The van der Waals surface area contributed by atoms with Gasteiger partial charge in [-0.15, -0.1) is 0 Å². The molecule has 3 nitrogen and oxygen atoms in total. The van der Waals surface area contributed by atoms with Crippen molar-refractivity contribution in [1.82, 2.24) is 9.47 Å². The SMILES string of the molecule is Cc1c(Cl)cccc1NC(=S)N1CCn2cccc2C1c1ccc(Cl)cc1. The van der Waals surface area contributed by atoms with Crippen LogP contribution in [-0.4, -0.2) is 21.1 Å². The molecule has 6 heteroatoms. The maximum atomic E-state index is 6.26. The van der Waals surface area contributed by atoms with Gasteiger partial charge >= 0.3 is 0 Å². The van der Waals surface area contributed by atoms with Crippen molar-refractivity contribution < 1.29 is 0 Å². The number of hydrogen-bond donors (Lipinski definition) is 1. The molecule has 3 aromatic rings. The molecule has 0 radical (unpaired) electrons. The van der Waals surface area contributed by atoms with Crippen LogP contribution in [0.5, 0.6) is 0 Å². The number of nitrogens with zero attached hydrogens (tertiary/aromatic N) is 2. The van der Waals surface area contributed by atoms with E-state index in [2.05, 4.69) is 45.2 Å². The zero-order valence-electron chi connectivity index (χ0n) is 14.8. The van der Waals surface area contributed by atoms with Gasteiger partial charge in [0.25, 0.3) is 0 Å². The fraction of sp³-hybridized carbons (Fsp3) is 0.190. The van der Waals surface area contributed by atoms with E-state index < -0.39 is 0 Å². The first-order valence-corrected chi connectivity index (χ1v) is 9.94. The molecule has 4 rings (SSSR count). The van der Waals surface area contributed by atoms with Crippen LogP contribution in [0.15, 0.2) is 60.8 Å². The fourth-order valence-electron chi connectivity index (χ4n) is 3.53. The minimum absolute atomic E-state index is 0.0329. The topological polar surface area (TPSA) is 20.2 Å². The number of nitrogens with one attached hydrogen (secondary N) is 1. The third kappa shape index (κ3) is 3.57. The Morgan fingerprint density at radius 3 is 2.59 bits per heavy atom. The highest BCUT2D eigenvalue weighted by molar-refractivity contribution is 7.80. The molecule has 1 atom stereocenters. The Morgan fingerprint density at radius 2 is 1.81 bits per heavy atom. The number of thiocarbonyl (C=S) groups is 1. The van der Waals surface area contributed by atoms with E-state index in [0.29, 0.717) is 5.11 Å². The molecule has 2 heterocycles. The Labute approximate surface area is 174 Å². The fourth-order valence-corrected chi connectivity index (χ4v) is 4.14. The van der Waals surface area contributed by atoms with Gasteiger partial charge in [0, 0.05) is 40.7 Å². The van der Waals surface area contributed by atoms with E-state index in [1.807, 2.05) is 37.3 Å². The molecule has 0 saturated carbocycles. The van der Waals surface area contributed by atoms with Crippen LogP contribution in [0.4, 0.5) is 5.69 Å². The van der Waals surface area contributed by atoms with E-state index in [1.165, 1.54) is 5.69 Å². The molecule has 1 unspecified atom stereocenters. The molecule has 0 aliphatic carbocycles. The average Bonchev–Trinajstić information content (AvgIpc) is 3.14. The number of fused-ring (bicyclic) bond motifs is 1. The highest BCUT2D eigenvalue weighted by Crippen LogP contribution is 2.34. The Bertz CT molecular complexity index is 981. The van der Waals surface area contributed by atoms with Crippen molar-refractivity contribution in [3.05, 3.63) is 87.7 Å². The zero-order chi connectivity index (χ0) is 19.0. The smallest absolute Gasteiger partial charge is 0.174 e. The van der Waals surface area contributed by atoms with Crippen LogP contribution in [0, 0.1) is 6.92 Å². The predicted octanol–water partition coefficient (Wildman–Crippen LogP) is 5.91. The van der Waals surface area contributed by atoms with Crippen LogP contribution in [0.1, 0.15) is 22.9 Å². The van der Waals surface area contributed by atoms with Crippen molar-refractivity contribution in [2.45, 2.75) is 19.5 Å². The maximum Gasteiger partial charge on any atom is 0.174 e. The molecule has 2 aromatic carbocycles. The summed E-state index contributed by atoms with van der Waals surface area (Å²) in [6.45, 7) is 3.70. The van der Waals surface area contributed by atoms with E-state index >= 15 is 0 Å². The molecule has 0 saturated heterocycles. The second-order valence-corrected chi connectivity index (χ2v) is 7.85. The summed E-state index contributed by atoms with van der Waals surface area (Å²) in [4.78, 5) is 2.23. The number of benzene rings is 2. The van der Waals surface area contributed by atoms with Gasteiger partial charge in [0.2, 0.25) is 0 Å². The number of halogens is 2. The number of hydrogen-bond acceptors (Lipinski definition) is 1. The van der Waals surface area contributed by atoms with Crippen LogP contribution in [0.25, 0.3) is 0 Å². The summed E-state index contributed by atoms with van der Waals surface area (Å²) in [5.74, 6) is 0. The summed E-state index contributed by atoms with van der Waals surface area (Å²) in [6.07, 6.45) is 2.12. The van der Waals surface area contributed by atoms with Gasteiger partial charge in [0.15, 0.2) is 5.11 Å². The van der Waals surface area contributed by atoms with Crippen molar-refractivity contribution in [3.8, 4) is 0 Å². The van der Waals surface area contributed by atoms with Crippen molar-refractivity contribution in [2.75, 3.05) is 11.9 Å². The summed E-state index contributed by atoms with van der Waals surface area (Å²) in [5, 5.41) is 5.54. The molecule has 0 spiro atoms. The molecule has 27 heavy (non-hydrogen) atoms. The van der Waals surface area contributed by atoms with Crippen LogP contribution in [-0.2, 0) is 6.54 Å². The van der Waals surface area contributed by atoms with Crippen molar-refractivity contribution in [2.24, 2.45) is 0 Å². The second kappa shape index (κ2) is 7.55. The zero-order valence-corrected chi connectivity index (χ0v) is 17.2. The molecule has 0 fully saturated rings. The molecule has 1 aliphatic heterocycles. The molecule has 0 bridgehead atoms. The first-order chi connectivity index (χ1) is 13.0. The quantitative estimate of drug-likeness (QED) is 0.525. The summed E-state index contributed by atoms with van der Waals surface area (Å²) < 4.78 is 2.28. The Balaban J connectivity index is 1.68. The maximum absolute atomic E-state index is 6.26. The highest BCUT2D eigenvalue weighted by atomic mass is 35.5. The second-order valence-electron chi connectivity index (χ2n) is 6.62. The number of anilines is 1. The van der Waals surface area contributed by atoms with Gasteiger partial charge in [-0.25, -0.2) is 0 Å². The van der Waals surface area contributed by atoms with E-state index in [1.54, 1.807) is 0 Å². The van der Waals surface area contributed by atoms with E-state index in [-0.39, 0.29) is 6.04 Å². The van der Waals surface area contributed by atoms with E-state index in [9.17, 15) is 0 Å². The van der Waals surface area contributed by atoms with Gasteiger partial charge < -0.3 is 14.8 Å². The minimum atomic E-state index is 0.0329. The molecular formula is C21H19Cl2N3S. The third-order valence-electron chi connectivity index (χ3n) is 4.99. The Morgan fingerprint density at radius 1 is 1.04 bits per heavy atom. The predicted molar refractivity (Wildman–Crippen MR) is 117 cm³/mol. The molecular weight excluding hydrogens is 397 g/mol. The van der Waals surface area contributed by atoms with Gasteiger partial charge in [-0.1, -0.05) is 41.4 Å². The first-order valence-electron chi connectivity index (χ1n) is 8.78. The first kappa shape index (κ1) is 18.4. The lowest BCUT2D eigenvalue weighted by Crippen LogP contribution is -2.44. The summed E-state index contributed by atoms with van der Waals surface area (Å²) in [5.41, 5.74) is 4.30. The Kier molecular flexibility index (Phi) is 5.13. The van der Waals surface area contributed by atoms with Crippen molar-refractivity contribution in [3.63, 3.8) is 0 Å². The summed E-state index contributed by atoms with van der Waals surface area (Å²) in [6, 6.07) is 18.1. The lowest BCUT2D eigenvalue weighted by Gasteiger charge is -2.39. The summed E-state index contributed by atoms with van der Waals surface area (Å²) >= 11 is 18.2. The average molecular weight is 416 g/mol. The number of aromatic nitrogens is 1. The van der Waals surface area contributed by atoms with E-state index in [0.717, 1.165) is 39.9 Å².